The molecule has 0 aliphatic rings. The highest BCUT2D eigenvalue weighted by atomic mass is 79.9. The number of rotatable bonds is 5. The lowest BCUT2D eigenvalue weighted by molar-refractivity contribution is -0.116. The molecule has 0 bridgehead atoms. The van der Waals surface area contributed by atoms with Crippen molar-refractivity contribution in [3.8, 4) is 0 Å². The molecule has 9 heteroatoms. The Kier molecular flexibility index (Phi) is 5.43. The maximum atomic E-state index is 13.2. The molecular weight excluding hydrogens is 425 g/mol. The van der Waals surface area contributed by atoms with Crippen molar-refractivity contribution in [2.24, 2.45) is 0 Å². The summed E-state index contributed by atoms with van der Waals surface area (Å²) in [6, 6.07) is 6.00. The third kappa shape index (κ3) is 4.31. The smallest absolute Gasteiger partial charge is 0.247 e. The van der Waals surface area contributed by atoms with E-state index >= 15 is 0 Å². The predicted octanol–water partition coefficient (Wildman–Crippen LogP) is 3.94. The fourth-order valence-electron chi connectivity index (χ4n) is 2.45. The molecule has 0 spiro atoms. The molecule has 1 aromatic carbocycles. The van der Waals surface area contributed by atoms with Gasteiger partial charge in [-0.1, -0.05) is 17.7 Å². The third-order valence-electron chi connectivity index (χ3n) is 3.78. The number of hydrogen-bond donors (Lipinski definition) is 1. The summed E-state index contributed by atoms with van der Waals surface area (Å²) in [6.07, 6.45) is 1.75. The van der Waals surface area contributed by atoms with E-state index < -0.39 is 0 Å². The Morgan fingerprint density at radius 2 is 2.08 bits per heavy atom. The Labute approximate surface area is 163 Å². The van der Waals surface area contributed by atoms with Crippen molar-refractivity contribution in [1.82, 2.24) is 19.6 Å². The van der Waals surface area contributed by atoms with Crippen LogP contribution in [-0.4, -0.2) is 25.5 Å². The molecular formula is C17H16BrClFN5O. The zero-order valence-corrected chi connectivity index (χ0v) is 16.5. The molecule has 26 heavy (non-hydrogen) atoms. The Morgan fingerprint density at radius 1 is 1.31 bits per heavy atom. The largest absolute Gasteiger partial charge is 0.308 e. The van der Waals surface area contributed by atoms with Crippen molar-refractivity contribution in [1.29, 1.82) is 0 Å². The van der Waals surface area contributed by atoms with E-state index in [2.05, 4.69) is 31.4 Å². The molecule has 3 aromatic rings. The van der Waals surface area contributed by atoms with Crippen molar-refractivity contribution in [3.05, 3.63) is 62.7 Å². The first-order chi connectivity index (χ1) is 12.3. The summed E-state index contributed by atoms with van der Waals surface area (Å²) in [6.45, 7) is 4.19. The van der Waals surface area contributed by atoms with Crippen LogP contribution in [0.2, 0.25) is 5.02 Å². The summed E-state index contributed by atoms with van der Waals surface area (Å²) in [5.74, 6) is -0.178. The van der Waals surface area contributed by atoms with Gasteiger partial charge in [0.05, 0.1) is 16.7 Å². The van der Waals surface area contributed by atoms with Gasteiger partial charge in [-0.25, -0.2) is 4.39 Å². The van der Waals surface area contributed by atoms with Gasteiger partial charge in [0.15, 0.2) is 5.82 Å². The number of aryl methyl sites for hydroxylation is 2. The van der Waals surface area contributed by atoms with E-state index in [9.17, 15) is 9.18 Å². The van der Waals surface area contributed by atoms with Crippen LogP contribution < -0.4 is 5.32 Å². The van der Waals surface area contributed by atoms with Gasteiger partial charge in [0.25, 0.3) is 0 Å². The molecule has 3 rings (SSSR count). The van der Waals surface area contributed by atoms with E-state index in [0.29, 0.717) is 17.4 Å². The minimum Gasteiger partial charge on any atom is -0.308 e. The molecule has 2 heterocycles. The van der Waals surface area contributed by atoms with E-state index in [0.717, 1.165) is 21.4 Å². The van der Waals surface area contributed by atoms with Crippen LogP contribution >= 0.6 is 27.5 Å². The highest BCUT2D eigenvalue weighted by Crippen LogP contribution is 2.20. The van der Waals surface area contributed by atoms with Crippen LogP contribution in [0.1, 0.15) is 17.0 Å². The van der Waals surface area contributed by atoms with Crippen LogP contribution in [0.15, 0.2) is 34.9 Å². The fourth-order valence-corrected chi connectivity index (χ4v) is 2.99. The van der Waals surface area contributed by atoms with Gasteiger partial charge in [-0.05, 0) is 47.5 Å². The second-order valence-corrected chi connectivity index (χ2v) is 7.13. The molecule has 6 nitrogen and oxygen atoms in total. The van der Waals surface area contributed by atoms with Crippen molar-refractivity contribution in [3.63, 3.8) is 0 Å². The lowest BCUT2D eigenvalue weighted by Crippen LogP contribution is -2.19. The van der Waals surface area contributed by atoms with E-state index in [1.54, 1.807) is 27.7 Å². The van der Waals surface area contributed by atoms with Crippen LogP contribution in [-0.2, 0) is 17.9 Å². The van der Waals surface area contributed by atoms with Crippen LogP contribution in [0.3, 0.4) is 0 Å². The van der Waals surface area contributed by atoms with Crippen molar-refractivity contribution < 1.29 is 9.18 Å². The molecule has 136 valence electrons. The fraction of sp³-hybridized carbons (Fsp3) is 0.235. The number of carbonyl (C=O) groups is 1. The number of anilines is 1. The van der Waals surface area contributed by atoms with Crippen LogP contribution in [0.4, 0.5) is 10.2 Å². The Morgan fingerprint density at radius 3 is 2.73 bits per heavy atom. The molecule has 0 saturated carbocycles. The maximum Gasteiger partial charge on any atom is 0.247 e. The summed E-state index contributed by atoms with van der Waals surface area (Å²) in [5.41, 5.74) is 2.40. The van der Waals surface area contributed by atoms with E-state index in [-0.39, 0.29) is 18.3 Å². The van der Waals surface area contributed by atoms with Crippen molar-refractivity contribution in [2.75, 3.05) is 5.32 Å². The van der Waals surface area contributed by atoms with Gasteiger partial charge >= 0.3 is 0 Å². The standard InChI is InChI=1S/C17H16BrClFN5O/c1-10-5-16(21-17(26)9-24-8-14(18)11(2)22-24)23-25(10)7-12-3-4-13(20)6-15(12)19/h3-6,8H,7,9H2,1-2H3,(H,21,23,26). The molecule has 0 fully saturated rings. The Balaban J connectivity index is 1.68. The molecule has 0 aliphatic heterocycles. The highest BCUT2D eigenvalue weighted by molar-refractivity contribution is 9.10. The molecule has 1 N–H and O–H groups in total. The Hall–Kier alpha value is -2.19. The Bertz CT molecular complexity index is 949. The first-order valence-electron chi connectivity index (χ1n) is 7.79. The summed E-state index contributed by atoms with van der Waals surface area (Å²) in [7, 11) is 0. The average molecular weight is 441 g/mol. The third-order valence-corrected chi connectivity index (χ3v) is 4.91. The molecule has 0 aliphatic carbocycles. The number of hydrogen-bond acceptors (Lipinski definition) is 3. The first kappa shape index (κ1) is 18.6. The number of carbonyl (C=O) groups excluding carboxylic acids is 1. The molecule has 0 unspecified atom stereocenters. The van der Waals surface area contributed by atoms with Crippen LogP contribution in [0.25, 0.3) is 0 Å². The van der Waals surface area contributed by atoms with E-state index in [1.807, 2.05) is 13.8 Å². The predicted molar refractivity (Wildman–Crippen MR) is 101 cm³/mol. The van der Waals surface area contributed by atoms with Crippen LogP contribution in [0.5, 0.6) is 0 Å². The molecule has 0 saturated heterocycles. The van der Waals surface area contributed by atoms with Gasteiger partial charge in [-0.2, -0.15) is 10.2 Å². The van der Waals surface area contributed by atoms with Gasteiger partial charge in [0.1, 0.15) is 12.4 Å². The second-order valence-electron chi connectivity index (χ2n) is 5.87. The zero-order chi connectivity index (χ0) is 18.8. The maximum absolute atomic E-state index is 13.2. The monoisotopic (exact) mass is 439 g/mol. The van der Waals surface area contributed by atoms with Crippen molar-refractivity contribution in [2.45, 2.75) is 26.9 Å². The topological polar surface area (TPSA) is 64.7 Å². The number of benzene rings is 1. The van der Waals surface area contributed by atoms with Gasteiger partial charge < -0.3 is 5.32 Å². The number of nitrogens with one attached hydrogen (secondary N) is 1. The van der Waals surface area contributed by atoms with E-state index in [1.165, 1.54) is 12.1 Å². The number of aromatic nitrogens is 4. The van der Waals surface area contributed by atoms with Gasteiger partial charge in [0.2, 0.25) is 5.91 Å². The van der Waals surface area contributed by atoms with Gasteiger partial charge in [-0.3, -0.25) is 14.2 Å². The minimum absolute atomic E-state index is 0.0855. The van der Waals surface area contributed by atoms with Gasteiger partial charge in [0, 0.05) is 23.0 Å². The number of amides is 1. The van der Waals surface area contributed by atoms with E-state index in [4.69, 9.17) is 11.6 Å². The zero-order valence-electron chi connectivity index (χ0n) is 14.1. The lowest BCUT2D eigenvalue weighted by Gasteiger charge is -2.07. The second kappa shape index (κ2) is 7.59. The summed E-state index contributed by atoms with van der Waals surface area (Å²) in [4.78, 5) is 12.2. The molecule has 0 atom stereocenters. The van der Waals surface area contributed by atoms with Crippen LogP contribution in [0, 0.1) is 19.7 Å². The molecule has 0 radical (unpaired) electrons. The molecule has 1 amide bonds. The quantitative estimate of drug-likeness (QED) is 0.653. The summed E-state index contributed by atoms with van der Waals surface area (Å²) >= 11 is 9.43. The SMILES string of the molecule is Cc1nn(CC(=O)Nc2cc(C)n(Cc3ccc(F)cc3Cl)n2)cc1Br. The summed E-state index contributed by atoms with van der Waals surface area (Å²) < 4.78 is 17.3. The minimum atomic E-state index is -0.385. The van der Waals surface area contributed by atoms with Crippen molar-refractivity contribution >= 4 is 39.3 Å². The number of halogens is 3. The normalized spacial score (nSPS) is 11.0. The summed E-state index contributed by atoms with van der Waals surface area (Å²) in [5, 5.41) is 11.7. The first-order valence-corrected chi connectivity index (χ1v) is 8.96. The molecule has 2 aromatic heterocycles. The number of nitrogens with zero attached hydrogens (tertiary/aromatic N) is 4. The lowest BCUT2D eigenvalue weighted by atomic mass is 10.2. The highest BCUT2D eigenvalue weighted by Gasteiger charge is 2.12. The average Bonchev–Trinajstić information content (AvgIpc) is 3.04. The van der Waals surface area contributed by atoms with Gasteiger partial charge in [-0.15, -0.1) is 0 Å².